The van der Waals surface area contributed by atoms with E-state index < -0.39 is 0 Å². The van der Waals surface area contributed by atoms with E-state index in [2.05, 4.69) is 0 Å². The van der Waals surface area contributed by atoms with Gasteiger partial charge in [-0.05, 0) is 23.3 Å². The molecule has 2 heteroatoms. The molecule has 84 valence electrons. The summed E-state index contributed by atoms with van der Waals surface area (Å²) in [4.78, 5) is 10.8. The molecule has 0 saturated heterocycles. The number of hydrogen-bond acceptors (Lipinski definition) is 1. The molecule has 0 aliphatic rings. The zero-order chi connectivity index (χ0) is 12.1. The van der Waals surface area contributed by atoms with Crippen molar-refractivity contribution < 1.29 is 4.79 Å². The lowest BCUT2D eigenvalue weighted by Crippen LogP contribution is -1.83. The topological polar surface area (TPSA) is 17.1 Å². The maximum absolute atomic E-state index is 10.8. The van der Waals surface area contributed by atoms with Gasteiger partial charge < -0.3 is 0 Å². The smallest absolute Gasteiger partial charge is 0.150 e. The van der Waals surface area contributed by atoms with Gasteiger partial charge in [0, 0.05) is 10.6 Å². The Balaban J connectivity index is 2.25. The molecule has 0 fully saturated rings. The number of halogens is 1. The van der Waals surface area contributed by atoms with Crippen LogP contribution in [0.2, 0.25) is 5.02 Å². The Labute approximate surface area is 105 Å². The molecule has 0 aromatic heterocycles. The molecule has 2 rings (SSSR count). The fraction of sp³-hybridized carbons (Fsp3) is 0. The Morgan fingerprint density at radius 1 is 0.824 bits per heavy atom. The molecule has 0 radical (unpaired) electrons. The van der Waals surface area contributed by atoms with Crippen molar-refractivity contribution in [2.75, 3.05) is 0 Å². The van der Waals surface area contributed by atoms with Crippen molar-refractivity contribution in [2.24, 2.45) is 0 Å². The van der Waals surface area contributed by atoms with E-state index in [1.807, 2.05) is 54.6 Å². The summed E-state index contributed by atoms with van der Waals surface area (Å²) in [6, 6.07) is 15.0. The van der Waals surface area contributed by atoms with Gasteiger partial charge in [-0.25, -0.2) is 0 Å². The van der Waals surface area contributed by atoms with Gasteiger partial charge in [0.2, 0.25) is 0 Å². The second kappa shape index (κ2) is 5.46. The van der Waals surface area contributed by atoms with Crippen molar-refractivity contribution in [3.63, 3.8) is 0 Å². The zero-order valence-corrected chi connectivity index (χ0v) is 9.89. The Morgan fingerprint density at radius 2 is 1.47 bits per heavy atom. The molecule has 0 atom stereocenters. The molecule has 2 aromatic carbocycles. The van der Waals surface area contributed by atoms with Gasteiger partial charge >= 0.3 is 0 Å². The number of hydrogen-bond donors (Lipinski definition) is 0. The van der Waals surface area contributed by atoms with Crippen molar-refractivity contribution in [3.05, 3.63) is 70.2 Å². The molecule has 2 aromatic rings. The van der Waals surface area contributed by atoms with Gasteiger partial charge in [0.05, 0.1) is 0 Å². The molecule has 0 heterocycles. The van der Waals surface area contributed by atoms with Gasteiger partial charge in [-0.15, -0.1) is 0 Å². The molecule has 0 unspecified atom stereocenters. The molecule has 0 saturated carbocycles. The molecule has 0 aliphatic heterocycles. The van der Waals surface area contributed by atoms with Crippen molar-refractivity contribution in [1.82, 2.24) is 0 Å². The Bertz CT molecular complexity index is 541. The van der Waals surface area contributed by atoms with Gasteiger partial charge in [-0.1, -0.05) is 60.2 Å². The van der Waals surface area contributed by atoms with Crippen LogP contribution in [0.15, 0.2) is 48.5 Å². The van der Waals surface area contributed by atoms with E-state index in [9.17, 15) is 4.79 Å². The van der Waals surface area contributed by atoms with Crippen LogP contribution in [0.5, 0.6) is 0 Å². The van der Waals surface area contributed by atoms with E-state index in [-0.39, 0.29) is 0 Å². The molecular formula is C15H11ClO. The summed E-state index contributed by atoms with van der Waals surface area (Å²) in [6.07, 6.45) is 4.74. The predicted molar refractivity (Wildman–Crippen MR) is 72.2 cm³/mol. The summed E-state index contributed by atoms with van der Waals surface area (Å²) in [5, 5.41) is 0.718. The summed E-state index contributed by atoms with van der Waals surface area (Å²) < 4.78 is 0. The normalized spacial score (nSPS) is 10.6. The molecule has 0 N–H and O–H groups in total. The maximum Gasteiger partial charge on any atom is 0.150 e. The van der Waals surface area contributed by atoms with Gasteiger partial charge in [0.15, 0.2) is 6.29 Å². The highest BCUT2D eigenvalue weighted by Gasteiger charge is 1.95. The van der Waals surface area contributed by atoms with Crippen molar-refractivity contribution in [3.8, 4) is 0 Å². The van der Waals surface area contributed by atoms with E-state index in [1.165, 1.54) is 0 Å². The fourth-order valence-electron chi connectivity index (χ4n) is 1.53. The molecule has 0 aliphatic carbocycles. The van der Waals surface area contributed by atoms with E-state index in [4.69, 9.17) is 11.6 Å². The van der Waals surface area contributed by atoms with Crippen LogP contribution in [0.25, 0.3) is 12.2 Å². The summed E-state index contributed by atoms with van der Waals surface area (Å²) in [7, 11) is 0. The Kier molecular flexibility index (Phi) is 3.73. The second-order valence-corrected chi connectivity index (χ2v) is 4.07. The molecule has 0 amide bonds. The van der Waals surface area contributed by atoms with Crippen LogP contribution < -0.4 is 0 Å². The lowest BCUT2D eigenvalue weighted by molar-refractivity contribution is 0.112. The van der Waals surface area contributed by atoms with Crippen LogP contribution >= 0.6 is 11.6 Å². The summed E-state index contributed by atoms with van der Waals surface area (Å²) in [5.74, 6) is 0. The molecule has 17 heavy (non-hydrogen) atoms. The molecule has 1 nitrogen and oxygen atoms in total. The predicted octanol–water partition coefficient (Wildman–Crippen LogP) is 4.32. The first kappa shape index (κ1) is 11.6. The minimum absolute atomic E-state index is 0.692. The minimum Gasteiger partial charge on any atom is -0.298 e. The van der Waals surface area contributed by atoms with E-state index >= 15 is 0 Å². The highest BCUT2D eigenvalue weighted by molar-refractivity contribution is 6.30. The van der Waals surface area contributed by atoms with Crippen LogP contribution in [0.3, 0.4) is 0 Å². The quantitative estimate of drug-likeness (QED) is 0.579. The van der Waals surface area contributed by atoms with Gasteiger partial charge in [0.1, 0.15) is 0 Å². The first-order valence-corrected chi connectivity index (χ1v) is 5.65. The van der Waals surface area contributed by atoms with Gasteiger partial charge in [-0.3, -0.25) is 4.79 Å². The largest absolute Gasteiger partial charge is 0.298 e. The third-order valence-corrected chi connectivity index (χ3v) is 2.70. The average molecular weight is 243 g/mol. The third kappa shape index (κ3) is 3.05. The van der Waals surface area contributed by atoms with Crippen LogP contribution in [-0.2, 0) is 0 Å². The Hall–Kier alpha value is -1.86. The van der Waals surface area contributed by atoms with E-state index in [1.54, 1.807) is 6.07 Å². The SMILES string of the molecule is O=Cc1ccccc1/C=C/c1ccc(Cl)cc1. The molecule has 0 spiro atoms. The minimum atomic E-state index is 0.692. The fourth-order valence-corrected chi connectivity index (χ4v) is 1.66. The maximum atomic E-state index is 10.8. The first-order chi connectivity index (χ1) is 8.29. The van der Waals surface area contributed by atoms with Crippen LogP contribution in [-0.4, -0.2) is 6.29 Å². The lowest BCUT2D eigenvalue weighted by Gasteiger charge is -1.98. The highest BCUT2D eigenvalue weighted by atomic mass is 35.5. The van der Waals surface area contributed by atoms with Crippen molar-refractivity contribution in [1.29, 1.82) is 0 Å². The third-order valence-electron chi connectivity index (χ3n) is 2.45. The second-order valence-electron chi connectivity index (χ2n) is 3.63. The first-order valence-electron chi connectivity index (χ1n) is 5.27. The summed E-state index contributed by atoms with van der Waals surface area (Å²) in [6.45, 7) is 0. The summed E-state index contributed by atoms with van der Waals surface area (Å²) >= 11 is 5.81. The van der Waals surface area contributed by atoms with Crippen molar-refractivity contribution in [2.45, 2.75) is 0 Å². The van der Waals surface area contributed by atoms with Crippen LogP contribution in [0, 0.1) is 0 Å². The zero-order valence-electron chi connectivity index (χ0n) is 9.14. The van der Waals surface area contributed by atoms with E-state index in [0.717, 1.165) is 22.4 Å². The standard InChI is InChI=1S/C15H11ClO/c16-15-9-6-12(7-10-15)5-8-13-3-1-2-4-14(13)11-17/h1-11H/b8-5+. The van der Waals surface area contributed by atoms with E-state index in [0.29, 0.717) is 5.56 Å². The summed E-state index contributed by atoms with van der Waals surface area (Å²) in [5.41, 5.74) is 2.66. The van der Waals surface area contributed by atoms with Crippen LogP contribution in [0.1, 0.15) is 21.5 Å². The highest BCUT2D eigenvalue weighted by Crippen LogP contribution is 2.14. The number of rotatable bonds is 3. The average Bonchev–Trinajstić information content (AvgIpc) is 2.38. The van der Waals surface area contributed by atoms with Crippen molar-refractivity contribution >= 4 is 30.0 Å². The van der Waals surface area contributed by atoms with Crippen LogP contribution in [0.4, 0.5) is 0 Å². The number of aldehydes is 1. The molecular weight excluding hydrogens is 232 g/mol. The van der Waals surface area contributed by atoms with Gasteiger partial charge in [0.25, 0.3) is 0 Å². The lowest BCUT2D eigenvalue weighted by atomic mass is 10.1. The molecule has 0 bridgehead atoms. The number of carbonyl (C=O) groups excluding carboxylic acids is 1. The monoisotopic (exact) mass is 242 g/mol. The number of carbonyl (C=O) groups is 1. The number of benzene rings is 2. The van der Waals surface area contributed by atoms with Gasteiger partial charge in [-0.2, -0.15) is 0 Å². The Morgan fingerprint density at radius 3 is 2.12 bits per heavy atom.